The Labute approximate surface area is 186 Å². The van der Waals surface area contributed by atoms with Crippen molar-refractivity contribution in [3.63, 3.8) is 0 Å². The molecular weight excluding hydrogens is 441 g/mol. The molecule has 2 amide bonds. The van der Waals surface area contributed by atoms with E-state index in [1.807, 2.05) is 6.07 Å². The lowest BCUT2D eigenvalue weighted by Gasteiger charge is -2.11. The number of nitrogens with zero attached hydrogens (tertiary/aromatic N) is 6. The maximum absolute atomic E-state index is 13.3. The van der Waals surface area contributed by atoms with Gasteiger partial charge < -0.3 is 15.4 Å². The molecule has 0 aliphatic carbocycles. The zero-order chi connectivity index (χ0) is 24.2. The summed E-state index contributed by atoms with van der Waals surface area (Å²) in [4.78, 5) is 16.2. The van der Waals surface area contributed by atoms with Crippen molar-refractivity contribution in [2.75, 3.05) is 11.9 Å². The van der Waals surface area contributed by atoms with Crippen molar-refractivity contribution < 1.29 is 22.7 Å². The number of carbonyl (C=O) groups is 1. The van der Waals surface area contributed by atoms with Gasteiger partial charge in [-0.1, -0.05) is 0 Å². The number of rotatable bonds is 6. The predicted molar refractivity (Wildman–Crippen MR) is 110 cm³/mol. The van der Waals surface area contributed by atoms with E-state index in [1.54, 1.807) is 13.8 Å². The van der Waals surface area contributed by atoms with Gasteiger partial charge in [0.15, 0.2) is 5.69 Å². The summed E-state index contributed by atoms with van der Waals surface area (Å²) in [7, 11) is 1.39. The second-order valence-corrected chi connectivity index (χ2v) is 6.86. The van der Waals surface area contributed by atoms with Crippen molar-refractivity contribution in [1.29, 1.82) is 5.26 Å². The van der Waals surface area contributed by atoms with Crippen LogP contribution in [0.5, 0.6) is 5.88 Å². The molecule has 172 valence electrons. The Kier molecular flexibility index (Phi) is 6.76. The first kappa shape index (κ1) is 23.5. The molecule has 0 aliphatic rings. The number of nitriles is 1. The van der Waals surface area contributed by atoms with Crippen LogP contribution in [0, 0.1) is 18.3 Å². The summed E-state index contributed by atoms with van der Waals surface area (Å²) in [6.07, 6.45) is -3.41. The first-order valence-corrected chi connectivity index (χ1v) is 9.65. The zero-order valence-corrected chi connectivity index (χ0v) is 17.9. The van der Waals surface area contributed by atoms with E-state index in [2.05, 4.69) is 30.9 Å². The van der Waals surface area contributed by atoms with Gasteiger partial charge in [0.05, 0.1) is 35.8 Å². The van der Waals surface area contributed by atoms with Crippen molar-refractivity contribution in [3.05, 3.63) is 47.0 Å². The van der Waals surface area contributed by atoms with Gasteiger partial charge in [-0.25, -0.2) is 9.78 Å². The lowest BCUT2D eigenvalue weighted by molar-refractivity contribution is -0.141. The van der Waals surface area contributed by atoms with Crippen LogP contribution in [0.25, 0.3) is 11.3 Å². The minimum absolute atomic E-state index is 0.0341. The molecule has 10 nitrogen and oxygen atoms in total. The third-order valence-electron chi connectivity index (χ3n) is 4.28. The number of ether oxygens (including phenoxy) is 1. The molecule has 0 spiro atoms. The van der Waals surface area contributed by atoms with Gasteiger partial charge in [-0.3, -0.25) is 4.68 Å². The summed E-state index contributed by atoms with van der Waals surface area (Å²) in [6.45, 7) is 3.65. The van der Waals surface area contributed by atoms with E-state index in [9.17, 15) is 18.0 Å². The van der Waals surface area contributed by atoms with Crippen molar-refractivity contribution in [1.82, 2.24) is 30.3 Å². The molecular formula is C20H19F3N8O2. The SMILES string of the molecule is CCOc1cc(NC(=O)NCc2cc(C)c(-c3cn(C)nc3C(F)(F)F)nn2)cc(C#N)n1. The van der Waals surface area contributed by atoms with E-state index in [0.29, 0.717) is 23.6 Å². The summed E-state index contributed by atoms with van der Waals surface area (Å²) in [5.41, 5.74) is -0.0242. The summed E-state index contributed by atoms with van der Waals surface area (Å²) < 4.78 is 46.1. The molecule has 3 heterocycles. The van der Waals surface area contributed by atoms with Crippen molar-refractivity contribution in [2.45, 2.75) is 26.6 Å². The largest absolute Gasteiger partial charge is 0.478 e. The number of aryl methyl sites for hydroxylation is 2. The number of hydrogen-bond donors (Lipinski definition) is 2. The topological polar surface area (TPSA) is 131 Å². The average molecular weight is 460 g/mol. The first-order chi connectivity index (χ1) is 15.6. The fourth-order valence-electron chi connectivity index (χ4n) is 2.97. The summed E-state index contributed by atoms with van der Waals surface area (Å²) in [5.74, 6) is 0.192. The molecule has 0 saturated carbocycles. The molecule has 13 heteroatoms. The van der Waals surface area contributed by atoms with Crippen molar-refractivity contribution in [3.8, 4) is 23.2 Å². The molecule has 0 saturated heterocycles. The number of halogens is 3. The maximum atomic E-state index is 13.3. The highest BCUT2D eigenvalue weighted by atomic mass is 19.4. The number of alkyl halides is 3. The zero-order valence-electron chi connectivity index (χ0n) is 17.9. The summed E-state index contributed by atoms with van der Waals surface area (Å²) >= 11 is 0. The van der Waals surface area contributed by atoms with Crippen LogP contribution in [0.15, 0.2) is 24.4 Å². The Hall–Kier alpha value is -4.21. The van der Waals surface area contributed by atoms with Crippen molar-refractivity contribution >= 4 is 11.7 Å². The van der Waals surface area contributed by atoms with Crippen LogP contribution in [0.1, 0.15) is 29.6 Å². The Morgan fingerprint density at radius 1 is 1.27 bits per heavy atom. The Balaban J connectivity index is 1.70. The molecule has 0 unspecified atom stereocenters. The van der Waals surface area contributed by atoms with Crippen LogP contribution >= 0.6 is 0 Å². The Morgan fingerprint density at radius 3 is 2.67 bits per heavy atom. The van der Waals surface area contributed by atoms with Crippen LogP contribution in [0.4, 0.5) is 23.7 Å². The molecule has 0 aromatic carbocycles. The number of hydrogen-bond acceptors (Lipinski definition) is 7. The Morgan fingerprint density at radius 2 is 2.03 bits per heavy atom. The normalized spacial score (nSPS) is 11.1. The van der Waals surface area contributed by atoms with Crippen LogP contribution in [-0.4, -0.2) is 37.6 Å². The number of amides is 2. The molecule has 3 aromatic rings. The van der Waals surface area contributed by atoms with Crippen LogP contribution in [0.2, 0.25) is 0 Å². The van der Waals surface area contributed by atoms with Gasteiger partial charge in [0.1, 0.15) is 11.8 Å². The molecule has 0 atom stereocenters. The van der Waals surface area contributed by atoms with Gasteiger partial charge in [0.2, 0.25) is 5.88 Å². The number of carbonyl (C=O) groups excluding carboxylic acids is 1. The number of anilines is 1. The van der Waals surface area contributed by atoms with E-state index in [0.717, 1.165) is 4.68 Å². The van der Waals surface area contributed by atoms with Gasteiger partial charge in [-0.15, -0.1) is 5.10 Å². The summed E-state index contributed by atoms with van der Waals surface area (Å²) in [5, 5.41) is 25.5. The number of urea groups is 1. The fourth-order valence-corrected chi connectivity index (χ4v) is 2.97. The molecule has 0 radical (unpaired) electrons. The lowest BCUT2D eigenvalue weighted by atomic mass is 10.1. The van der Waals surface area contributed by atoms with Crippen LogP contribution in [-0.2, 0) is 19.8 Å². The quantitative estimate of drug-likeness (QED) is 0.578. The van der Waals surface area contributed by atoms with Crippen LogP contribution < -0.4 is 15.4 Å². The number of pyridine rings is 1. The highest BCUT2D eigenvalue weighted by Gasteiger charge is 2.38. The van der Waals surface area contributed by atoms with E-state index in [4.69, 9.17) is 10.00 Å². The van der Waals surface area contributed by atoms with Gasteiger partial charge in [0.25, 0.3) is 0 Å². The Bertz CT molecular complexity index is 1220. The minimum atomic E-state index is -4.64. The third-order valence-corrected chi connectivity index (χ3v) is 4.28. The highest BCUT2D eigenvalue weighted by molar-refractivity contribution is 5.89. The predicted octanol–water partition coefficient (Wildman–Crippen LogP) is 3.19. The van der Waals surface area contributed by atoms with E-state index < -0.39 is 17.9 Å². The summed E-state index contributed by atoms with van der Waals surface area (Å²) in [6, 6.07) is 5.66. The highest BCUT2D eigenvalue weighted by Crippen LogP contribution is 2.36. The molecule has 0 aliphatic heterocycles. The molecule has 3 aromatic heterocycles. The van der Waals surface area contributed by atoms with Crippen molar-refractivity contribution in [2.24, 2.45) is 7.05 Å². The lowest BCUT2D eigenvalue weighted by Crippen LogP contribution is -2.28. The molecule has 0 bridgehead atoms. The standard InChI is InChI=1S/C20H19F3N8O2/c1-4-33-16-7-12(6-13(8-24)26-16)27-19(32)25-9-14-5-11(2)17(29-28-14)15-10-31(3)30-18(15)20(21,22)23/h5-7,10H,4,9H2,1-3H3,(H2,25,26,27,32). The second-order valence-electron chi connectivity index (χ2n) is 6.86. The van der Waals surface area contributed by atoms with E-state index in [1.165, 1.54) is 31.4 Å². The molecule has 2 N–H and O–H groups in total. The van der Waals surface area contributed by atoms with Gasteiger partial charge >= 0.3 is 12.2 Å². The number of nitrogens with one attached hydrogen (secondary N) is 2. The maximum Gasteiger partial charge on any atom is 0.435 e. The smallest absolute Gasteiger partial charge is 0.435 e. The van der Waals surface area contributed by atoms with Gasteiger partial charge in [-0.2, -0.15) is 28.6 Å². The minimum Gasteiger partial charge on any atom is -0.478 e. The number of aromatic nitrogens is 5. The molecule has 3 rings (SSSR count). The van der Waals surface area contributed by atoms with Gasteiger partial charge in [0, 0.05) is 19.3 Å². The third kappa shape index (κ3) is 5.73. The fraction of sp³-hybridized carbons (Fsp3) is 0.300. The second kappa shape index (κ2) is 9.51. The van der Waals surface area contributed by atoms with Gasteiger partial charge in [-0.05, 0) is 31.5 Å². The van der Waals surface area contributed by atoms with Crippen LogP contribution in [0.3, 0.4) is 0 Å². The van der Waals surface area contributed by atoms with E-state index in [-0.39, 0.29) is 29.4 Å². The molecule has 33 heavy (non-hydrogen) atoms. The first-order valence-electron chi connectivity index (χ1n) is 9.65. The monoisotopic (exact) mass is 460 g/mol. The molecule has 0 fully saturated rings. The average Bonchev–Trinajstić information content (AvgIpc) is 3.14. The van der Waals surface area contributed by atoms with E-state index >= 15 is 0 Å².